The first-order valence-corrected chi connectivity index (χ1v) is 8.72. The number of aromatic nitrogens is 4. The molecule has 3 heterocycles. The summed E-state index contributed by atoms with van der Waals surface area (Å²) in [5, 5.41) is 18.5. The van der Waals surface area contributed by atoms with Gasteiger partial charge in [-0.25, -0.2) is 9.97 Å². The van der Waals surface area contributed by atoms with Crippen molar-refractivity contribution < 1.29 is 9.53 Å². The van der Waals surface area contributed by atoms with Gasteiger partial charge in [-0.15, -0.1) is 0 Å². The summed E-state index contributed by atoms with van der Waals surface area (Å²) in [6.07, 6.45) is 6.30. The Morgan fingerprint density at radius 1 is 1.29 bits per heavy atom. The molecule has 9 nitrogen and oxygen atoms in total. The molecule has 140 valence electrons. The zero-order valence-electron chi connectivity index (χ0n) is 14.9. The summed E-state index contributed by atoms with van der Waals surface area (Å²) < 4.78 is 5.46. The van der Waals surface area contributed by atoms with E-state index in [0.29, 0.717) is 24.7 Å². The number of carbonyl (C=O) groups is 1. The smallest absolute Gasteiger partial charge is 0.256 e. The molecule has 1 fully saturated rings. The van der Waals surface area contributed by atoms with Crippen molar-refractivity contribution in [1.29, 1.82) is 5.26 Å². The van der Waals surface area contributed by atoms with Crippen LogP contribution in [0.4, 0.5) is 5.82 Å². The van der Waals surface area contributed by atoms with Crippen molar-refractivity contribution in [2.75, 3.05) is 25.0 Å². The monoisotopic (exact) mass is 375 g/mol. The molecule has 1 saturated heterocycles. The van der Waals surface area contributed by atoms with Gasteiger partial charge in [-0.1, -0.05) is 18.2 Å². The van der Waals surface area contributed by atoms with Gasteiger partial charge in [0.15, 0.2) is 12.3 Å². The molecule has 1 amide bonds. The Kier molecular flexibility index (Phi) is 4.95. The van der Waals surface area contributed by atoms with E-state index in [0.717, 1.165) is 16.7 Å². The molecule has 0 saturated carbocycles. The lowest BCUT2D eigenvalue weighted by molar-refractivity contribution is -0.131. The molecular weight excluding hydrogens is 358 g/mol. The lowest BCUT2D eigenvalue weighted by Gasteiger charge is -2.28. The minimum absolute atomic E-state index is 0.229. The molecule has 2 aromatic heterocycles. The van der Waals surface area contributed by atoms with Crippen LogP contribution in [0.25, 0.3) is 22.4 Å². The maximum absolute atomic E-state index is 12.4. The van der Waals surface area contributed by atoms with E-state index in [-0.39, 0.29) is 12.5 Å². The number of ether oxygens (including phenoxy) is 1. The van der Waals surface area contributed by atoms with Crippen LogP contribution in [0.1, 0.15) is 0 Å². The first-order valence-electron chi connectivity index (χ1n) is 8.72. The van der Waals surface area contributed by atoms with E-state index >= 15 is 0 Å². The van der Waals surface area contributed by atoms with Gasteiger partial charge in [-0.2, -0.15) is 10.4 Å². The fourth-order valence-corrected chi connectivity index (χ4v) is 2.96. The van der Waals surface area contributed by atoms with Crippen LogP contribution in [0.15, 0.2) is 49.1 Å². The third-order valence-electron chi connectivity index (χ3n) is 4.41. The van der Waals surface area contributed by atoms with Gasteiger partial charge in [0.25, 0.3) is 5.91 Å². The predicted molar refractivity (Wildman–Crippen MR) is 101 cm³/mol. The highest BCUT2D eigenvalue weighted by atomic mass is 16.5. The first-order chi connectivity index (χ1) is 13.7. The number of H-pyrrole nitrogens is 1. The van der Waals surface area contributed by atoms with Gasteiger partial charge in [-0.3, -0.25) is 9.89 Å². The predicted octanol–water partition coefficient (Wildman–Crippen LogP) is 1.65. The number of rotatable bonds is 4. The van der Waals surface area contributed by atoms with Gasteiger partial charge in [0.1, 0.15) is 12.1 Å². The molecule has 0 unspecified atom stereocenters. The molecule has 0 aliphatic carbocycles. The van der Waals surface area contributed by atoms with E-state index in [1.165, 1.54) is 11.2 Å². The van der Waals surface area contributed by atoms with Crippen LogP contribution in [-0.2, 0) is 9.53 Å². The molecule has 1 aliphatic rings. The fourth-order valence-electron chi connectivity index (χ4n) is 2.96. The van der Waals surface area contributed by atoms with E-state index in [2.05, 4.69) is 25.5 Å². The topological polar surface area (TPSA) is 120 Å². The van der Waals surface area contributed by atoms with Crippen molar-refractivity contribution >= 4 is 11.7 Å². The van der Waals surface area contributed by atoms with E-state index in [1.54, 1.807) is 12.3 Å². The number of nitrogens with one attached hydrogen (secondary N) is 2. The number of hydrogen-bond donors (Lipinski definition) is 2. The first kappa shape index (κ1) is 17.6. The van der Waals surface area contributed by atoms with Crippen LogP contribution in [0, 0.1) is 11.5 Å². The second kappa shape index (κ2) is 7.85. The molecule has 1 aliphatic heterocycles. The third kappa shape index (κ3) is 3.82. The Morgan fingerprint density at radius 3 is 3.00 bits per heavy atom. The minimum Gasteiger partial charge on any atom is -0.365 e. The average Bonchev–Trinajstić information content (AvgIpc) is 3.29. The van der Waals surface area contributed by atoms with Crippen molar-refractivity contribution in [1.82, 2.24) is 25.1 Å². The fraction of sp³-hybridized carbons (Fsp3) is 0.211. The lowest BCUT2D eigenvalue weighted by Crippen LogP contribution is -2.46. The number of morpholine rings is 1. The maximum Gasteiger partial charge on any atom is 0.256 e. The molecule has 4 rings (SSSR count). The van der Waals surface area contributed by atoms with Gasteiger partial charge in [-0.05, 0) is 11.6 Å². The van der Waals surface area contributed by atoms with Gasteiger partial charge in [0.05, 0.1) is 31.6 Å². The maximum atomic E-state index is 12.4. The normalized spacial score (nSPS) is 16.4. The summed E-state index contributed by atoms with van der Waals surface area (Å²) in [7, 11) is 0. The number of aromatic amines is 1. The summed E-state index contributed by atoms with van der Waals surface area (Å²) in [6, 6.07) is 9.56. The van der Waals surface area contributed by atoms with Crippen LogP contribution in [0.5, 0.6) is 0 Å². The zero-order chi connectivity index (χ0) is 19.3. The van der Waals surface area contributed by atoms with Crippen molar-refractivity contribution in [3.63, 3.8) is 0 Å². The van der Waals surface area contributed by atoms with Crippen LogP contribution in [-0.4, -0.2) is 56.8 Å². The Balaban J connectivity index is 1.51. The number of anilines is 1. The molecule has 0 radical (unpaired) electrons. The van der Waals surface area contributed by atoms with Crippen LogP contribution in [0.3, 0.4) is 0 Å². The average molecular weight is 375 g/mol. The van der Waals surface area contributed by atoms with Gasteiger partial charge >= 0.3 is 0 Å². The van der Waals surface area contributed by atoms with Crippen LogP contribution >= 0.6 is 0 Å². The molecule has 2 N–H and O–H groups in total. The standard InChI is InChI=1S/C19H17N7O2/c20-11-26-4-5-28-17(10-26)19(27)25-18-7-16(21-12-22-18)14-3-1-2-13(6-14)15-8-23-24-9-15/h1-3,6-9,12,17H,4-5,10H2,(H,23,24)(H,21,22,25,27)/t17-/m1/s1. The summed E-state index contributed by atoms with van der Waals surface area (Å²) in [5.41, 5.74) is 3.55. The lowest BCUT2D eigenvalue weighted by atomic mass is 10.0. The second-order valence-electron chi connectivity index (χ2n) is 6.25. The number of benzene rings is 1. The molecular formula is C19H17N7O2. The number of carbonyl (C=O) groups excluding carboxylic acids is 1. The molecule has 0 bridgehead atoms. The number of nitrogens with zero attached hydrogens (tertiary/aromatic N) is 5. The third-order valence-corrected chi connectivity index (χ3v) is 4.41. The van der Waals surface area contributed by atoms with Crippen molar-refractivity contribution in [2.24, 2.45) is 0 Å². The van der Waals surface area contributed by atoms with Crippen LogP contribution < -0.4 is 5.32 Å². The summed E-state index contributed by atoms with van der Waals surface area (Å²) in [6.45, 7) is 1.05. The van der Waals surface area contributed by atoms with E-state index in [9.17, 15) is 4.79 Å². The van der Waals surface area contributed by atoms with Gasteiger partial charge < -0.3 is 15.0 Å². The van der Waals surface area contributed by atoms with E-state index in [1.807, 2.05) is 36.7 Å². The molecule has 1 atom stereocenters. The minimum atomic E-state index is -0.712. The quantitative estimate of drug-likeness (QED) is 0.665. The number of hydrogen-bond acceptors (Lipinski definition) is 7. The second-order valence-corrected chi connectivity index (χ2v) is 6.25. The van der Waals surface area contributed by atoms with Crippen molar-refractivity contribution in [3.8, 4) is 28.6 Å². The van der Waals surface area contributed by atoms with Gasteiger partial charge in [0, 0.05) is 23.4 Å². The Labute approximate surface area is 161 Å². The largest absolute Gasteiger partial charge is 0.365 e. The highest BCUT2D eigenvalue weighted by molar-refractivity contribution is 5.94. The molecule has 3 aromatic rings. The highest BCUT2D eigenvalue weighted by Crippen LogP contribution is 2.25. The van der Waals surface area contributed by atoms with E-state index < -0.39 is 6.10 Å². The highest BCUT2D eigenvalue weighted by Gasteiger charge is 2.26. The molecule has 28 heavy (non-hydrogen) atoms. The van der Waals surface area contributed by atoms with Crippen molar-refractivity contribution in [2.45, 2.75) is 6.10 Å². The van der Waals surface area contributed by atoms with Crippen LogP contribution in [0.2, 0.25) is 0 Å². The summed E-state index contributed by atoms with van der Waals surface area (Å²) in [4.78, 5) is 22.4. The molecule has 1 aromatic carbocycles. The number of amides is 1. The zero-order valence-corrected chi connectivity index (χ0v) is 14.9. The number of nitriles is 1. The van der Waals surface area contributed by atoms with Crippen molar-refractivity contribution in [3.05, 3.63) is 49.1 Å². The summed E-state index contributed by atoms with van der Waals surface area (Å²) >= 11 is 0. The summed E-state index contributed by atoms with van der Waals surface area (Å²) in [5.74, 6) is 0.0399. The molecule has 0 spiro atoms. The Hall–Kier alpha value is -3.77. The van der Waals surface area contributed by atoms with E-state index in [4.69, 9.17) is 10.00 Å². The Bertz CT molecular complexity index is 1010. The Morgan fingerprint density at radius 2 is 2.18 bits per heavy atom. The molecule has 9 heteroatoms. The van der Waals surface area contributed by atoms with Gasteiger partial charge in [0.2, 0.25) is 0 Å². The SMILES string of the molecule is N#CN1CCO[C@@H](C(=O)Nc2cc(-c3cccc(-c4cn[nH]c4)c3)ncn2)C1.